The zero-order valence-corrected chi connectivity index (χ0v) is 20.5. The Morgan fingerprint density at radius 3 is 2.53 bits per heavy atom. The lowest BCUT2D eigenvalue weighted by Crippen LogP contribution is -2.58. The molecule has 13 heteroatoms. The van der Waals surface area contributed by atoms with Crippen molar-refractivity contribution in [1.29, 1.82) is 0 Å². The molecule has 3 aromatic rings. The second kappa shape index (κ2) is 7.95. The number of nitrogens with two attached hydrogens (primary N) is 1. The molecule has 6 rings (SSSR count). The normalized spacial score (nSPS) is 25.4. The van der Waals surface area contributed by atoms with Crippen molar-refractivity contribution >= 4 is 33.3 Å². The quantitative estimate of drug-likeness (QED) is 0.470. The highest BCUT2D eigenvalue weighted by atomic mass is 79.9. The maximum absolute atomic E-state index is 13.5. The second-order valence-corrected chi connectivity index (χ2v) is 11.0. The van der Waals surface area contributed by atoms with Gasteiger partial charge in [0, 0.05) is 22.9 Å². The molecular formula is C23H22BrF3N6O3. The molecule has 190 valence electrons. The van der Waals surface area contributed by atoms with Gasteiger partial charge in [-0.05, 0) is 72.0 Å². The highest BCUT2D eigenvalue weighted by molar-refractivity contribution is 9.10. The van der Waals surface area contributed by atoms with E-state index < -0.39 is 23.8 Å². The van der Waals surface area contributed by atoms with E-state index in [-0.39, 0.29) is 40.2 Å². The van der Waals surface area contributed by atoms with Gasteiger partial charge in [-0.2, -0.15) is 13.2 Å². The Labute approximate surface area is 211 Å². The van der Waals surface area contributed by atoms with Crippen molar-refractivity contribution in [2.75, 3.05) is 0 Å². The number of primary amides is 1. The van der Waals surface area contributed by atoms with Crippen LogP contribution in [0.4, 0.5) is 13.2 Å². The lowest BCUT2D eigenvalue weighted by molar-refractivity contribution is -0.145. The van der Waals surface area contributed by atoms with E-state index in [9.17, 15) is 22.8 Å². The Hall–Kier alpha value is -3.09. The molecule has 1 spiro atoms. The summed E-state index contributed by atoms with van der Waals surface area (Å²) in [5.74, 6) is -2.09. The Balaban J connectivity index is 1.07. The van der Waals surface area contributed by atoms with Crippen molar-refractivity contribution in [3.63, 3.8) is 0 Å². The average molecular weight is 567 g/mol. The van der Waals surface area contributed by atoms with Gasteiger partial charge in [0.05, 0.1) is 11.6 Å². The molecule has 3 aliphatic carbocycles. The number of fused-ring (bicyclic) bond motifs is 1. The first-order valence-electron chi connectivity index (χ1n) is 11.6. The third kappa shape index (κ3) is 4.02. The van der Waals surface area contributed by atoms with Crippen molar-refractivity contribution in [1.82, 2.24) is 24.5 Å². The second-order valence-electron chi connectivity index (χ2n) is 10.0. The Morgan fingerprint density at radius 2 is 1.89 bits per heavy atom. The maximum atomic E-state index is 13.5. The van der Waals surface area contributed by atoms with Crippen LogP contribution >= 0.6 is 15.9 Å². The van der Waals surface area contributed by atoms with E-state index in [0.29, 0.717) is 23.4 Å². The number of hydrogen-bond acceptors (Lipinski definition) is 5. The molecular weight excluding hydrogens is 545 g/mol. The van der Waals surface area contributed by atoms with E-state index in [0.717, 1.165) is 30.1 Å². The fourth-order valence-corrected chi connectivity index (χ4v) is 5.74. The van der Waals surface area contributed by atoms with E-state index in [1.807, 2.05) is 0 Å². The van der Waals surface area contributed by atoms with Gasteiger partial charge in [-0.3, -0.25) is 18.7 Å². The summed E-state index contributed by atoms with van der Waals surface area (Å²) in [5.41, 5.74) is 5.59. The van der Waals surface area contributed by atoms with Gasteiger partial charge < -0.3 is 15.8 Å². The van der Waals surface area contributed by atoms with Crippen molar-refractivity contribution in [3.8, 4) is 5.88 Å². The third-order valence-corrected chi connectivity index (χ3v) is 7.72. The first-order valence-corrected chi connectivity index (χ1v) is 12.4. The molecule has 2 amide bonds. The number of amides is 2. The molecule has 3 N–H and O–H groups in total. The lowest BCUT2D eigenvalue weighted by atomic mass is 9.53. The van der Waals surface area contributed by atoms with Gasteiger partial charge in [-0.1, -0.05) is 0 Å². The minimum atomic E-state index is -4.70. The standard InChI is InChI=1S/C23H22BrF3N6O3/c24-11-1-4-16-17(30-21(23(25,26)27)32(16)9-11)19(35)29-12-5-22(6-12)7-14(8-22)36-20-15(18(28)34)10-33(31-20)13-2-3-13/h1,4,9-10,12-14H,2-3,5-8H2,(H2,28,34)(H,29,35). The van der Waals surface area contributed by atoms with Crippen LogP contribution < -0.4 is 15.8 Å². The molecule has 3 aliphatic rings. The number of hydrogen-bond donors (Lipinski definition) is 2. The van der Waals surface area contributed by atoms with Gasteiger partial charge in [-0.25, -0.2) is 4.98 Å². The summed E-state index contributed by atoms with van der Waals surface area (Å²) in [6.45, 7) is 0. The van der Waals surface area contributed by atoms with Crippen molar-refractivity contribution < 1.29 is 27.5 Å². The van der Waals surface area contributed by atoms with Crippen LogP contribution in [0.15, 0.2) is 29.0 Å². The van der Waals surface area contributed by atoms with Crippen LogP contribution in [-0.2, 0) is 6.18 Å². The van der Waals surface area contributed by atoms with E-state index >= 15 is 0 Å². The van der Waals surface area contributed by atoms with Crippen LogP contribution in [0.5, 0.6) is 5.88 Å². The van der Waals surface area contributed by atoms with Gasteiger partial charge in [0.2, 0.25) is 11.7 Å². The first-order chi connectivity index (χ1) is 17.0. The number of carbonyl (C=O) groups excluding carboxylic acids is 2. The monoisotopic (exact) mass is 566 g/mol. The zero-order chi connectivity index (χ0) is 25.4. The highest BCUT2D eigenvalue weighted by Crippen LogP contribution is 2.57. The number of nitrogens with zero attached hydrogens (tertiary/aromatic N) is 4. The van der Waals surface area contributed by atoms with Crippen LogP contribution in [0.3, 0.4) is 0 Å². The maximum Gasteiger partial charge on any atom is 0.450 e. The first kappa shape index (κ1) is 23.3. The topological polar surface area (TPSA) is 117 Å². The van der Waals surface area contributed by atoms with Gasteiger partial charge >= 0.3 is 6.18 Å². The van der Waals surface area contributed by atoms with E-state index in [2.05, 4.69) is 31.3 Å². The fourth-order valence-electron chi connectivity index (χ4n) is 5.41. The van der Waals surface area contributed by atoms with Gasteiger partial charge in [0.1, 0.15) is 11.7 Å². The molecule has 0 aliphatic heterocycles. The van der Waals surface area contributed by atoms with Crippen LogP contribution in [0.25, 0.3) is 5.52 Å². The Bertz CT molecular complexity index is 1380. The molecule has 3 saturated carbocycles. The van der Waals surface area contributed by atoms with Gasteiger partial charge in [0.15, 0.2) is 5.69 Å². The summed E-state index contributed by atoms with van der Waals surface area (Å²) in [5, 5.41) is 7.22. The van der Waals surface area contributed by atoms with Crippen molar-refractivity contribution in [2.45, 2.75) is 62.9 Å². The number of alkyl halides is 3. The molecule has 0 bridgehead atoms. The highest BCUT2D eigenvalue weighted by Gasteiger charge is 2.54. The number of carbonyl (C=O) groups is 2. The molecule has 0 radical (unpaired) electrons. The number of imidazole rings is 1. The summed E-state index contributed by atoms with van der Waals surface area (Å²) in [7, 11) is 0. The number of ether oxygens (including phenoxy) is 1. The molecule has 0 unspecified atom stereocenters. The molecule has 0 saturated heterocycles. The summed E-state index contributed by atoms with van der Waals surface area (Å²) >= 11 is 3.16. The number of rotatable bonds is 6. The van der Waals surface area contributed by atoms with E-state index in [1.54, 1.807) is 16.9 Å². The van der Waals surface area contributed by atoms with E-state index in [4.69, 9.17) is 10.5 Å². The average Bonchev–Trinajstić information content (AvgIpc) is 3.38. The lowest BCUT2D eigenvalue weighted by Gasteiger charge is -2.57. The largest absolute Gasteiger partial charge is 0.473 e. The summed E-state index contributed by atoms with van der Waals surface area (Å²) in [6.07, 6.45) is 2.99. The molecule has 36 heavy (non-hydrogen) atoms. The van der Waals surface area contributed by atoms with Crippen LogP contribution in [0.1, 0.15) is 71.2 Å². The predicted octanol–water partition coefficient (Wildman–Crippen LogP) is 3.87. The molecule has 0 aromatic carbocycles. The van der Waals surface area contributed by atoms with Gasteiger partial charge in [0.25, 0.3) is 11.8 Å². The molecule has 0 atom stereocenters. The minimum Gasteiger partial charge on any atom is -0.473 e. The minimum absolute atomic E-state index is 0.00677. The summed E-state index contributed by atoms with van der Waals surface area (Å²) < 4.78 is 49.4. The SMILES string of the molecule is NC(=O)c1cn(C2CC2)nc1OC1CC2(CC(NC(=O)c3nc(C(F)(F)F)n4cc(Br)ccc34)C2)C1. The molecule has 3 aromatic heterocycles. The zero-order valence-electron chi connectivity index (χ0n) is 18.9. The smallest absolute Gasteiger partial charge is 0.450 e. The third-order valence-electron chi connectivity index (χ3n) is 7.25. The molecule has 3 fully saturated rings. The number of halogens is 4. The van der Waals surface area contributed by atoms with Crippen LogP contribution in [0.2, 0.25) is 0 Å². The van der Waals surface area contributed by atoms with Crippen LogP contribution in [0, 0.1) is 5.41 Å². The molecule has 9 nitrogen and oxygen atoms in total. The predicted molar refractivity (Wildman–Crippen MR) is 123 cm³/mol. The fraction of sp³-hybridized carbons (Fsp3) is 0.478. The van der Waals surface area contributed by atoms with E-state index in [1.165, 1.54) is 12.3 Å². The number of pyridine rings is 1. The number of aromatic nitrogens is 4. The molecule has 3 heterocycles. The van der Waals surface area contributed by atoms with Crippen LogP contribution in [-0.4, -0.2) is 43.1 Å². The number of nitrogens with one attached hydrogen (secondary N) is 1. The van der Waals surface area contributed by atoms with Gasteiger partial charge in [-0.15, -0.1) is 5.10 Å². The van der Waals surface area contributed by atoms with Crippen molar-refractivity contribution in [3.05, 3.63) is 46.1 Å². The van der Waals surface area contributed by atoms with Crippen molar-refractivity contribution in [2.24, 2.45) is 11.1 Å². The Kier molecular flexibility index (Phi) is 5.15. The summed E-state index contributed by atoms with van der Waals surface area (Å²) in [4.78, 5) is 28.2. The Morgan fingerprint density at radius 1 is 1.17 bits per heavy atom. The summed E-state index contributed by atoms with van der Waals surface area (Å²) in [6, 6.07) is 3.14.